The van der Waals surface area contributed by atoms with E-state index in [2.05, 4.69) is 0 Å². The van der Waals surface area contributed by atoms with Gasteiger partial charge in [-0.15, -0.1) is 0 Å². The van der Waals surface area contributed by atoms with Crippen LogP contribution in [0.3, 0.4) is 0 Å². The summed E-state index contributed by atoms with van der Waals surface area (Å²) in [6.07, 6.45) is 1.34. The third-order valence-electron chi connectivity index (χ3n) is 4.25. The van der Waals surface area contributed by atoms with Crippen molar-refractivity contribution in [3.63, 3.8) is 0 Å². The van der Waals surface area contributed by atoms with Crippen LogP contribution in [0, 0.1) is 11.8 Å². The highest BCUT2D eigenvalue weighted by Crippen LogP contribution is 2.46. The zero-order chi connectivity index (χ0) is 15.0. The molecule has 2 rings (SSSR count). The number of ether oxygens (including phenoxy) is 1. The summed E-state index contributed by atoms with van der Waals surface area (Å²) in [5, 5.41) is 9.64. The van der Waals surface area contributed by atoms with E-state index in [0.29, 0.717) is 6.42 Å². The zero-order valence-electron chi connectivity index (χ0n) is 12.7. The van der Waals surface area contributed by atoms with E-state index >= 15 is 0 Å². The first-order chi connectivity index (χ1) is 9.21. The molecule has 1 aromatic carbocycles. The number of benzene rings is 1. The van der Waals surface area contributed by atoms with Crippen molar-refractivity contribution in [2.24, 2.45) is 11.8 Å². The van der Waals surface area contributed by atoms with Crippen LogP contribution >= 0.6 is 0 Å². The topological polar surface area (TPSA) is 46.5 Å². The van der Waals surface area contributed by atoms with Crippen molar-refractivity contribution in [3.05, 3.63) is 35.9 Å². The molecule has 1 heterocycles. The van der Waals surface area contributed by atoms with Crippen LogP contribution in [-0.2, 0) is 16.0 Å². The molecule has 0 amide bonds. The Hall–Kier alpha value is -1.35. The van der Waals surface area contributed by atoms with Crippen molar-refractivity contribution in [3.8, 4) is 0 Å². The average Bonchev–Trinajstić information content (AvgIpc) is 2.55. The lowest BCUT2D eigenvalue weighted by Crippen LogP contribution is -2.37. The molecule has 0 aromatic heterocycles. The molecule has 1 saturated heterocycles. The molecular formula is C17H24O3. The maximum atomic E-state index is 11.7. The fourth-order valence-corrected chi connectivity index (χ4v) is 3.50. The van der Waals surface area contributed by atoms with Crippen molar-refractivity contribution in [1.29, 1.82) is 0 Å². The second-order valence-corrected chi connectivity index (χ2v) is 6.91. The summed E-state index contributed by atoms with van der Waals surface area (Å²) in [5.41, 5.74) is 0.417. The third kappa shape index (κ3) is 3.21. The standard InChI is InChI=1S/C17H24O3/c1-16(2)11-14(17(3,4)20-16)13(15(18)19)10-12-8-6-5-7-9-12/h5-9,13-14H,10-11H2,1-4H3,(H,18,19). The molecular weight excluding hydrogens is 252 g/mol. The van der Waals surface area contributed by atoms with E-state index in [9.17, 15) is 9.90 Å². The zero-order valence-corrected chi connectivity index (χ0v) is 12.7. The van der Waals surface area contributed by atoms with Crippen LogP contribution in [-0.4, -0.2) is 22.3 Å². The smallest absolute Gasteiger partial charge is 0.307 e. The fraction of sp³-hybridized carbons (Fsp3) is 0.588. The van der Waals surface area contributed by atoms with E-state index < -0.39 is 17.5 Å². The maximum Gasteiger partial charge on any atom is 0.307 e. The van der Waals surface area contributed by atoms with E-state index in [0.717, 1.165) is 12.0 Å². The minimum atomic E-state index is -0.728. The Morgan fingerprint density at radius 2 is 1.90 bits per heavy atom. The SMILES string of the molecule is CC1(C)CC(C(Cc2ccccc2)C(=O)O)C(C)(C)O1. The van der Waals surface area contributed by atoms with Gasteiger partial charge in [-0.05, 0) is 46.1 Å². The second-order valence-electron chi connectivity index (χ2n) is 6.91. The lowest BCUT2D eigenvalue weighted by Gasteiger charge is -2.31. The number of carboxylic acid groups (broad SMARTS) is 1. The predicted molar refractivity (Wildman–Crippen MR) is 78.6 cm³/mol. The van der Waals surface area contributed by atoms with Gasteiger partial charge in [-0.25, -0.2) is 0 Å². The molecule has 110 valence electrons. The highest BCUT2D eigenvalue weighted by atomic mass is 16.5. The number of aliphatic carboxylic acids is 1. The van der Waals surface area contributed by atoms with Gasteiger partial charge in [0, 0.05) is 5.92 Å². The van der Waals surface area contributed by atoms with Gasteiger partial charge >= 0.3 is 5.97 Å². The third-order valence-corrected chi connectivity index (χ3v) is 4.25. The molecule has 1 aliphatic rings. The van der Waals surface area contributed by atoms with Gasteiger partial charge in [0.25, 0.3) is 0 Å². The first kappa shape index (κ1) is 15.0. The van der Waals surface area contributed by atoms with Gasteiger partial charge in [0.05, 0.1) is 17.1 Å². The maximum absolute atomic E-state index is 11.7. The molecule has 20 heavy (non-hydrogen) atoms. The van der Waals surface area contributed by atoms with E-state index in [4.69, 9.17) is 4.74 Å². The Kier molecular flexibility index (Phi) is 3.92. The van der Waals surface area contributed by atoms with Crippen molar-refractivity contribution >= 4 is 5.97 Å². The molecule has 0 spiro atoms. The number of hydrogen-bond donors (Lipinski definition) is 1. The van der Waals surface area contributed by atoms with Gasteiger partial charge in [-0.2, -0.15) is 0 Å². The summed E-state index contributed by atoms with van der Waals surface area (Å²) in [6.45, 7) is 8.09. The molecule has 0 bridgehead atoms. The molecule has 2 unspecified atom stereocenters. The van der Waals surface area contributed by atoms with E-state index in [-0.39, 0.29) is 11.5 Å². The van der Waals surface area contributed by atoms with Crippen LogP contribution in [0.2, 0.25) is 0 Å². The lowest BCUT2D eigenvalue weighted by atomic mass is 9.75. The van der Waals surface area contributed by atoms with Crippen molar-refractivity contribution < 1.29 is 14.6 Å². The molecule has 3 nitrogen and oxygen atoms in total. The summed E-state index contributed by atoms with van der Waals surface area (Å²) in [7, 11) is 0. The van der Waals surface area contributed by atoms with Gasteiger partial charge in [-0.1, -0.05) is 30.3 Å². The van der Waals surface area contributed by atoms with Crippen LogP contribution in [0.25, 0.3) is 0 Å². The Balaban J connectivity index is 2.23. The Bertz CT molecular complexity index is 476. The quantitative estimate of drug-likeness (QED) is 0.915. The Morgan fingerprint density at radius 1 is 1.30 bits per heavy atom. The van der Waals surface area contributed by atoms with Crippen LogP contribution in [0.15, 0.2) is 30.3 Å². The number of carboxylic acids is 1. The summed E-state index contributed by atoms with van der Waals surface area (Å²) < 4.78 is 6.05. The van der Waals surface area contributed by atoms with E-state index in [1.165, 1.54) is 0 Å². The van der Waals surface area contributed by atoms with Gasteiger partial charge in [0.15, 0.2) is 0 Å². The van der Waals surface area contributed by atoms with Crippen LogP contribution < -0.4 is 0 Å². The van der Waals surface area contributed by atoms with Crippen LogP contribution in [0.1, 0.15) is 39.7 Å². The summed E-state index contributed by atoms with van der Waals surface area (Å²) in [4.78, 5) is 11.7. The molecule has 2 atom stereocenters. The van der Waals surface area contributed by atoms with Crippen LogP contribution in [0.4, 0.5) is 0 Å². The summed E-state index contributed by atoms with van der Waals surface area (Å²) in [5.74, 6) is -1.11. The van der Waals surface area contributed by atoms with Crippen molar-refractivity contribution in [2.45, 2.75) is 51.7 Å². The average molecular weight is 276 g/mol. The molecule has 1 aromatic rings. The summed E-state index contributed by atoms with van der Waals surface area (Å²) >= 11 is 0. The molecule has 0 radical (unpaired) electrons. The van der Waals surface area contributed by atoms with E-state index in [1.807, 2.05) is 58.0 Å². The van der Waals surface area contributed by atoms with E-state index in [1.54, 1.807) is 0 Å². The highest BCUT2D eigenvalue weighted by Gasteiger charge is 2.50. The van der Waals surface area contributed by atoms with Gasteiger partial charge < -0.3 is 9.84 Å². The van der Waals surface area contributed by atoms with Gasteiger partial charge in [-0.3, -0.25) is 4.79 Å². The highest BCUT2D eigenvalue weighted by molar-refractivity contribution is 5.71. The monoisotopic (exact) mass is 276 g/mol. The minimum Gasteiger partial charge on any atom is -0.481 e. The van der Waals surface area contributed by atoms with Gasteiger partial charge in [0.1, 0.15) is 0 Å². The molecule has 0 aliphatic carbocycles. The van der Waals surface area contributed by atoms with Crippen molar-refractivity contribution in [2.75, 3.05) is 0 Å². The normalized spacial score (nSPS) is 25.3. The molecule has 3 heteroatoms. The number of carbonyl (C=O) groups is 1. The fourth-order valence-electron chi connectivity index (χ4n) is 3.50. The van der Waals surface area contributed by atoms with Crippen LogP contribution in [0.5, 0.6) is 0 Å². The molecule has 0 saturated carbocycles. The van der Waals surface area contributed by atoms with Crippen molar-refractivity contribution in [1.82, 2.24) is 0 Å². The minimum absolute atomic E-state index is 0.0233. The number of hydrogen-bond acceptors (Lipinski definition) is 2. The van der Waals surface area contributed by atoms with Gasteiger partial charge in [0.2, 0.25) is 0 Å². The number of rotatable bonds is 4. The molecule has 1 aliphatic heterocycles. The molecule has 1 fully saturated rings. The Morgan fingerprint density at radius 3 is 2.35 bits per heavy atom. The largest absolute Gasteiger partial charge is 0.481 e. The first-order valence-corrected chi connectivity index (χ1v) is 7.18. The second kappa shape index (κ2) is 5.21. The lowest BCUT2D eigenvalue weighted by molar-refractivity contribution is -0.147. The molecule has 1 N–H and O–H groups in total. The predicted octanol–water partition coefficient (Wildman–Crippen LogP) is 3.52. The first-order valence-electron chi connectivity index (χ1n) is 7.18. The summed E-state index contributed by atoms with van der Waals surface area (Å²) in [6, 6.07) is 9.84. The Labute approximate surface area is 121 Å².